The fourth-order valence-corrected chi connectivity index (χ4v) is 1.78. The van der Waals surface area contributed by atoms with Gasteiger partial charge in [0.05, 0.1) is 6.54 Å². The number of rotatable bonds is 8. The molecule has 0 radical (unpaired) electrons. The standard InChI is InChI=1S/C12H24N4/c1-4-6-11(3)9-16-10-14-12(15-16)8-13-7-5-2/h10-11,13H,4-9H2,1-3H3. The normalized spacial score (nSPS) is 12.9. The van der Waals surface area contributed by atoms with Gasteiger partial charge < -0.3 is 5.32 Å². The highest BCUT2D eigenvalue weighted by atomic mass is 15.3. The SMILES string of the molecule is CCCNCc1ncn(CC(C)CCC)n1. The van der Waals surface area contributed by atoms with E-state index in [9.17, 15) is 0 Å². The highest BCUT2D eigenvalue weighted by Crippen LogP contribution is 2.07. The quantitative estimate of drug-likeness (QED) is 0.688. The van der Waals surface area contributed by atoms with E-state index in [-0.39, 0.29) is 0 Å². The van der Waals surface area contributed by atoms with Gasteiger partial charge in [-0.2, -0.15) is 5.10 Å². The molecule has 0 fully saturated rings. The molecule has 0 aliphatic heterocycles. The van der Waals surface area contributed by atoms with Crippen molar-refractivity contribution in [1.82, 2.24) is 20.1 Å². The summed E-state index contributed by atoms with van der Waals surface area (Å²) in [6.07, 6.45) is 5.48. The van der Waals surface area contributed by atoms with E-state index in [4.69, 9.17) is 0 Å². The van der Waals surface area contributed by atoms with Gasteiger partial charge in [0.2, 0.25) is 0 Å². The molecule has 0 saturated carbocycles. The van der Waals surface area contributed by atoms with Crippen LogP contribution in [0.4, 0.5) is 0 Å². The summed E-state index contributed by atoms with van der Waals surface area (Å²) in [6, 6.07) is 0. The molecule has 0 aromatic carbocycles. The molecular formula is C12H24N4. The fraction of sp³-hybridized carbons (Fsp3) is 0.833. The lowest BCUT2D eigenvalue weighted by atomic mass is 10.1. The second-order valence-corrected chi connectivity index (χ2v) is 4.45. The minimum atomic E-state index is 0.683. The van der Waals surface area contributed by atoms with E-state index in [1.165, 1.54) is 12.8 Å². The summed E-state index contributed by atoms with van der Waals surface area (Å²) in [6.45, 7) is 9.43. The first-order valence-electron chi connectivity index (χ1n) is 6.35. The molecule has 1 N–H and O–H groups in total. The van der Waals surface area contributed by atoms with Crippen molar-refractivity contribution in [3.63, 3.8) is 0 Å². The number of hydrogen-bond acceptors (Lipinski definition) is 3. The Hall–Kier alpha value is -0.900. The first-order valence-corrected chi connectivity index (χ1v) is 6.35. The number of nitrogens with zero attached hydrogens (tertiary/aromatic N) is 3. The third kappa shape index (κ3) is 4.75. The van der Waals surface area contributed by atoms with E-state index in [0.29, 0.717) is 5.92 Å². The van der Waals surface area contributed by atoms with E-state index in [1.807, 2.05) is 11.0 Å². The van der Waals surface area contributed by atoms with E-state index < -0.39 is 0 Å². The van der Waals surface area contributed by atoms with Crippen LogP contribution in [0.2, 0.25) is 0 Å². The maximum Gasteiger partial charge on any atom is 0.164 e. The number of hydrogen-bond donors (Lipinski definition) is 1. The third-order valence-corrected chi connectivity index (χ3v) is 2.57. The molecule has 0 bridgehead atoms. The van der Waals surface area contributed by atoms with Crippen molar-refractivity contribution in [2.75, 3.05) is 6.54 Å². The van der Waals surface area contributed by atoms with Crippen LogP contribution in [0.15, 0.2) is 6.33 Å². The van der Waals surface area contributed by atoms with Crippen LogP contribution >= 0.6 is 0 Å². The average molecular weight is 224 g/mol. The Morgan fingerprint density at radius 1 is 1.38 bits per heavy atom. The first-order chi connectivity index (χ1) is 7.76. The van der Waals surface area contributed by atoms with E-state index in [1.54, 1.807) is 0 Å². The summed E-state index contributed by atoms with van der Waals surface area (Å²) in [5, 5.41) is 7.75. The van der Waals surface area contributed by atoms with Crippen LogP contribution < -0.4 is 5.32 Å². The molecule has 16 heavy (non-hydrogen) atoms. The van der Waals surface area contributed by atoms with Gasteiger partial charge in [-0.05, 0) is 25.3 Å². The predicted octanol–water partition coefficient (Wildman–Crippen LogP) is 2.21. The molecule has 92 valence electrons. The Bertz CT molecular complexity index is 282. The molecule has 0 amide bonds. The Kier molecular flexibility index (Phi) is 6.08. The Morgan fingerprint density at radius 2 is 2.19 bits per heavy atom. The molecule has 0 spiro atoms. The smallest absolute Gasteiger partial charge is 0.164 e. The van der Waals surface area contributed by atoms with Crippen LogP contribution in [-0.2, 0) is 13.1 Å². The molecule has 1 atom stereocenters. The molecule has 0 saturated heterocycles. The van der Waals surface area contributed by atoms with Gasteiger partial charge in [-0.3, -0.25) is 4.68 Å². The summed E-state index contributed by atoms with van der Waals surface area (Å²) in [5.74, 6) is 1.58. The van der Waals surface area contributed by atoms with Crippen LogP contribution in [0.5, 0.6) is 0 Å². The zero-order chi connectivity index (χ0) is 11.8. The molecule has 0 aliphatic carbocycles. The van der Waals surface area contributed by atoms with Gasteiger partial charge in [-0.1, -0.05) is 27.2 Å². The maximum atomic E-state index is 4.45. The predicted molar refractivity (Wildman–Crippen MR) is 66.1 cm³/mol. The molecule has 1 aromatic rings. The van der Waals surface area contributed by atoms with Gasteiger partial charge in [0.15, 0.2) is 5.82 Å². The monoisotopic (exact) mass is 224 g/mol. The van der Waals surface area contributed by atoms with Crippen LogP contribution in [0.1, 0.15) is 45.9 Å². The highest BCUT2D eigenvalue weighted by molar-refractivity contribution is 4.80. The minimum Gasteiger partial charge on any atom is -0.310 e. The van der Waals surface area contributed by atoms with Gasteiger partial charge in [0.1, 0.15) is 6.33 Å². The van der Waals surface area contributed by atoms with Crippen molar-refractivity contribution in [3.8, 4) is 0 Å². The summed E-state index contributed by atoms with van der Waals surface area (Å²) in [7, 11) is 0. The zero-order valence-electron chi connectivity index (χ0n) is 10.7. The Morgan fingerprint density at radius 3 is 2.88 bits per heavy atom. The zero-order valence-corrected chi connectivity index (χ0v) is 10.7. The van der Waals surface area contributed by atoms with Crippen LogP contribution in [0.25, 0.3) is 0 Å². The summed E-state index contributed by atoms with van der Waals surface area (Å²) < 4.78 is 1.96. The van der Waals surface area contributed by atoms with E-state index >= 15 is 0 Å². The largest absolute Gasteiger partial charge is 0.310 e. The topological polar surface area (TPSA) is 42.7 Å². The third-order valence-electron chi connectivity index (χ3n) is 2.57. The van der Waals surface area contributed by atoms with Crippen LogP contribution in [0.3, 0.4) is 0 Å². The molecule has 4 heteroatoms. The van der Waals surface area contributed by atoms with E-state index in [0.717, 1.165) is 31.9 Å². The first kappa shape index (κ1) is 13.2. The summed E-state index contributed by atoms with van der Waals surface area (Å²) in [5.41, 5.74) is 0. The van der Waals surface area contributed by atoms with Gasteiger partial charge in [0, 0.05) is 6.54 Å². The molecule has 1 aromatic heterocycles. The lowest BCUT2D eigenvalue weighted by Gasteiger charge is -2.08. The van der Waals surface area contributed by atoms with Gasteiger partial charge in [-0.15, -0.1) is 0 Å². The molecular weight excluding hydrogens is 200 g/mol. The maximum absolute atomic E-state index is 4.45. The van der Waals surface area contributed by atoms with Crippen LogP contribution in [-0.4, -0.2) is 21.3 Å². The number of nitrogens with one attached hydrogen (secondary N) is 1. The second kappa shape index (κ2) is 7.39. The van der Waals surface area contributed by atoms with Crippen molar-refractivity contribution >= 4 is 0 Å². The van der Waals surface area contributed by atoms with Crippen molar-refractivity contribution in [1.29, 1.82) is 0 Å². The molecule has 1 unspecified atom stereocenters. The molecule has 4 nitrogen and oxygen atoms in total. The molecule has 1 heterocycles. The van der Waals surface area contributed by atoms with Crippen molar-refractivity contribution < 1.29 is 0 Å². The van der Waals surface area contributed by atoms with Crippen molar-refractivity contribution in [3.05, 3.63) is 12.2 Å². The summed E-state index contributed by atoms with van der Waals surface area (Å²) in [4.78, 5) is 4.29. The molecule has 0 aliphatic rings. The van der Waals surface area contributed by atoms with Crippen molar-refractivity contribution in [2.24, 2.45) is 5.92 Å². The minimum absolute atomic E-state index is 0.683. The summed E-state index contributed by atoms with van der Waals surface area (Å²) >= 11 is 0. The van der Waals surface area contributed by atoms with Gasteiger partial charge >= 0.3 is 0 Å². The lowest BCUT2D eigenvalue weighted by Crippen LogP contribution is -2.15. The van der Waals surface area contributed by atoms with E-state index in [2.05, 4.69) is 36.2 Å². The number of aromatic nitrogens is 3. The fourth-order valence-electron chi connectivity index (χ4n) is 1.78. The van der Waals surface area contributed by atoms with Gasteiger partial charge in [0.25, 0.3) is 0 Å². The Labute approximate surface area is 98.5 Å². The van der Waals surface area contributed by atoms with Gasteiger partial charge in [-0.25, -0.2) is 4.98 Å². The Balaban J connectivity index is 2.33. The lowest BCUT2D eigenvalue weighted by molar-refractivity contribution is 0.417. The second-order valence-electron chi connectivity index (χ2n) is 4.45. The average Bonchev–Trinajstić information content (AvgIpc) is 2.66. The van der Waals surface area contributed by atoms with Crippen molar-refractivity contribution in [2.45, 2.75) is 53.1 Å². The highest BCUT2D eigenvalue weighted by Gasteiger charge is 2.04. The van der Waals surface area contributed by atoms with Crippen LogP contribution in [0, 0.1) is 5.92 Å². The molecule has 1 rings (SSSR count).